The van der Waals surface area contributed by atoms with Gasteiger partial charge in [-0.1, -0.05) is 12.1 Å². The Hall–Kier alpha value is -1.48. The zero-order valence-corrected chi connectivity index (χ0v) is 11.4. The third-order valence-corrected chi connectivity index (χ3v) is 4.11. The van der Waals surface area contributed by atoms with Crippen molar-refractivity contribution in [2.75, 3.05) is 5.73 Å². The minimum atomic E-state index is -0.179. The minimum absolute atomic E-state index is 0.179. The first-order valence-electron chi connectivity index (χ1n) is 5.80. The molecule has 0 amide bonds. The molecule has 1 nitrogen and oxygen atoms in total. The molecule has 2 aromatic rings. The van der Waals surface area contributed by atoms with Crippen LogP contribution in [-0.4, -0.2) is 0 Å². The van der Waals surface area contributed by atoms with E-state index in [2.05, 4.69) is 6.92 Å². The molecule has 0 bridgehead atoms. The Morgan fingerprint density at radius 2 is 1.83 bits per heavy atom. The van der Waals surface area contributed by atoms with E-state index in [1.54, 1.807) is 17.8 Å². The third-order valence-electron chi connectivity index (χ3n) is 2.90. The molecule has 0 heterocycles. The van der Waals surface area contributed by atoms with Crippen LogP contribution in [0.15, 0.2) is 41.3 Å². The molecular formula is C15H16FNS. The summed E-state index contributed by atoms with van der Waals surface area (Å²) in [5, 5.41) is 0. The number of rotatable bonds is 3. The lowest BCUT2D eigenvalue weighted by atomic mass is 10.1. The lowest BCUT2D eigenvalue weighted by Gasteiger charge is -2.08. The summed E-state index contributed by atoms with van der Waals surface area (Å²) in [6.07, 6.45) is 0. The van der Waals surface area contributed by atoms with Gasteiger partial charge in [0.2, 0.25) is 0 Å². The molecule has 0 aliphatic carbocycles. The van der Waals surface area contributed by atoms with E-state index >= 15 is 0 Å². The van der Waals surface area contributed by atoms with E-state index in [9.17, 15) is 4.39 Å². The van der Waals surface area contributed by atoms with Gasteiger partial charge in [0, 0.05) is 16.3 Å². The van der Waals surface area contributed by atoms with Gasteiger partial charge >= 0.3 is 0 Å². The molecule has 94 valence electrons. The lowest BCUT2D eigenvalue weighted by Crippen LogP contribution is -1.90. The van der Waals surface area contributed by atoms with E-state index in [1.165, 1.54) is 16.5 Å². The van der Waals surface area contributed by atoms with E-state index < -0.39 is 0 Å². The van der Waals surface area contributed by atoms with Gasteiger partial charge in [0.05, 0.1) is 0 Å². The van der Waals surface area contributed by atoms with Crippen LogP contribution in [0.4, 0.5) is 10.1 Å². The Labute approximate surface area is 111 Å². The molecule has 2 aromatic carbocycles. The Bertz CT molecular complexity index is 566. The van der Waals surface area contributed by atoms with E-state index in [0.717, 1.165) is 22.6 Å². The third kappa shape index (κ3) is 3.05. The number of halogens is 1. The number of thioether (sulfide) groups is 1. The van der Waals surface area contributed by atoms with Crippen molar-refractivity contribution in [3.05, 3.63) is 58.9 Å². The first-order chi connectivity index (χ1) is 8.56. The first kappa shape index (κ1) is 13.0. The van der Waals surface area contributed by atoms with Gasteiger partial charge in [0.25, 0.3) is 0 Å². The van der Waals surface area contributed by atoms with Crippen LogP contribution in [0.25, 0.3) is 0 Å². The van der Waals surface area contributed by atoms with Crippen molar-refractivity contribution in [3.8, 4) is 0 Å². The van der Waals surface area contributed by atoms with Gasteiger partial charge in [0.1, 0.15) is 5.82 Å². The molecule has 3 heteroatoms. The number of hydrogen-bond acceptors (Lipinski definition) is 2. The molecule has 0 aromatic heterocycles. The van der Waals surface area contributed by atoms with Crippen molar-refractivity contribution < 1.29 is 4.39 Å². The topological polar surface area (TPSA) is 26.0 Å². The second kappa shape index (κ2) is 5.44. The molecule has 2 N–H and O–H groups in total. The van der Waals surface area contributed by atoms with Crippen LogP contribution in [0.5, 0.6) is 0 Å². The SMILES string of the molecule is Cc1cc(F)ccc1CSc1cc(N)ccc1C. The van der Waals surface area contributed by atoms with Gasteiger partial charge in [0.15, 0.2) is 0 Å². The van der Waals surface area contributed by atoms with Crippen LogP contribution in [-0.2, 0) is 5.75 Å². The number of anilines is 1. The Kier molecular flexibility index (Phi) is 3.92. The smallest absolute Gasteiger partial charge is 0.123 e. The van der Waals surface area contributed by atoms with Gasteiger partial charge in [-0.05, 0) is 54.8 Å². The summed E-state index contributed by atoms with van der Waals surface area (Å²) in [5.41, 5.74) is 9.92. The summed E-state index contributed by atoms with van der Waals surface area (Å²) in [5.74, 6) is 0.650. The maximum Gasteiger partial charge on any atom is 0.123 e. The highest BCUT2D eigenvalue weighted by atomic mass is 32.2. The molecule has 0 aliphatic rings. The second-order valence-electron chi connectivity index (χ2n) is 4.38. The molecule has 0 atom stereocenters. The van der Waals surface area contributed by atoms with Gasteiger partial charge in [-0.25, -0.2) is 4.39 Å². The predicted molar refractivity (Wildman–Crippen MR) is 76.3 cm³/mol. The van der Waals surface area contributed by atoms with Gasteiger partial charge in [-0.3, -0.25) is 0 Å². The molecule has 0 spiro atoms. The molecule has 18 heavy (non-hydrogen) atoms. The molecular weight excluding hydrogens is 245 g/mol. The highest BCUT2D eigenvalue weighted by Crippen LogP contribution is 2.28. The highest BCUT2D eigenvalue weighted by Gasteiger charge is 2.04. The van der Waals surface area contributed by atoms with Gasteiger partial charge in [-0.2, -0.15) is 0 Å². The largest absolute Gasteiger partial charge is 0.399 e. The number of benzene rings is 2. The molecule has 2 rings (SSSR count). The van der Waals surface area contributed by atoms with E-state index in [4.69, 9.17) is 5.73 Å². The number of aryl methyl sites for hydroxylation is 2. The molecule has 0 radical (unpaired) electrons. The maximum atomic E-state index is 13.0. The average Bonchev–Trinajstić information content (AvgIpc) is 2.32. The van der Waals surface area contributed by atoms with Crippen molar-refractivity contribution in [2.45, 2.75) is 24.5 Å². The summed E-state index contributed by atoms with van der Waals surface area (Å²) in [6.45, 7) is 4.00. The monoisotopic (exact) mass is 261 g/mol. The number of hydrogen-bond donors (Lipinski definition) is 1. The fraction of sp³-hybridized carbons (Fsp3) is 0.200. The fourth-order valence-electron chi connectivity index (χ4n) is 1.75. The van der Waals surface area contributed by atoms with E-state index in [0.29, 0.717) is 0 Å². The Balaban J connectivity index is 2.13. The summed E-state index contributed by atoms with van der Waals surface area (Å²) in [7, 11) is 0. The quantitative estimate of drug-likeness (QED) is 0.658. The summed E-state index contributed by atoms with van der Waals surface area (Å²) in [4.78, 5) is 1.18. The molecule has 0 saturated heterocycles. The average molecular weight is 261 g/mol. The zero-order valence-electron chi connectivity index (χ0n) is 10.5. The highest BCUT2D eigenvalue weighted by molar-refractivity contribution is 7.98. The number of nitrogen functional groups attached to an aromatic ring is 1. The minimum Gasteiger partial charge on any atom is -0.399 e. The van der Waals surface area contributed by atoms with Crippen LogP contribution in [0.1, 0.15) is 16.7 Å². The second-order valence-corrected chi connectivity index (χ2v) is 5.40. The van der Waals surface area contributed by atoms with Gasteiger partial charge < -0.3 is 5.73 Å². The Morgan fingerprint density at radius 3 is 2.56 bits per heavy atom. The normalized spacial score (nSPS) is 10.6. The van der Waals surface area contributed by atoms with Crippen molar-refractivity contribution in [1.82, 2.24) is 0 Å². The van der Waals surface area contributed by atoms with Crippen molar-refractivity contribution in [2.24, 2.45) is 0 Å². The summed E-state index contributed by atoms with van der Waals surface area (Å²) in [6, 6.07) is 10.8. The van der Waals surface area contributed by atoms with Crippen LogP contribution in [0.2, 0.25) is 0 Å². The maximum absolute atomic E-state index is 13.0. The number of nitrogens with two attached hydrogens (primary N) is 1. The van der Waals surface area contributed by atoms with Crippen molar-refractivity contribution in [3.63, 3.8) is 0 Å². The van der Waals surface area contributed by atoms with E-state index in [-0.39, 0.29) is 5.82 Å². The first-order valence-corrected chi connectivity index (χ1v) is 6.79. The van der Waals surface area contributed by atoms with Crippen molar-refractivity contribution >= 4 is 17.4 Å². The molecule has 0 aliphatic heterocycles. The summed E-state index contributed by atoms with van der Waals surface area (Å²) >= 11 is 1.73. The summed E-state index contributed by atoms with van der Waals surface area (Å²) < 4.78 is 13.0. The van der Waals surface area contributed by atoms with Gasteiger partial charge in [-0.15, -0.1) is 11.8 Å². The standard InChI is InChI=1S/C15H16FNS/c1-10-3-6-14(17)8-15(10)18-9-12-4-5-13(16)7-11(12)2/h3-8H,9,17H2,1-2H3. The van der Waals surface area contributed by atoms with Crippen molar-refractivity contribution in [1.29, 1.82) is 0 Å². The fourth-order valence-corrected chi connectivity index (χ4v) is 2.90. The van der Waals surface area contributed by atoms with Crippen LogP contribution >= 0.6 is 11.8 Å². The van der Waals surface area contributed by atoms with Crippen LogP contribution < -0.4 is 5.73 Å². The zero-order chi connectivity index (χ0) is 13.1. The Morgan fingerprint density at radius 1 is 1.06 bits per heavy atom. The predicted octanol–water partition coefficient (Wildman–Crippen LogP) is 4.32. The molecule has 0 fully saturated rings. The van der Waals surface area contributed by atoms with Crippen LogP contribution in [0, 0.1) is 19.7 Å². The van der Waals surface area contributed by atoms with E-state index in [1.807, 2.05) is 31.2 Å². The molecule has 0 saturated carbocycles. The lowest BCUT2D eigenvalue weighted by molar-refractivity contribution is 0.626. The van der Waals surface area contributed by atoms with Crippen LogP contribution in [0.3, 0.4) is 0 Å². The molecule has 0 unspecified atom stereocenters.